The van der Waals surface area contributed by atoms with Gasteiger partial charge in [-0.1, -0.05) is 18.2 Å². The summed E-state index contributed by atoms with van der Waals surface area (Å²) in [6.07, 6.45) is 1.89. The normalized spacial score (nSPS) is 15.4. The fraction of sp³-hybridized carbons (Fsp3) is 0.300. The quantitative estimate of drug-likeness (QED) is 0.352. The third kappa shape index (κ3) is 2.98. The van der Waals surface area contributed by atoms with Gasteiger partial charge in [-0.3, -0.25) is 15.1 Å². The number of hydrazone groups is 1. The van der Waals surface area contributed by atoms with Crippen molar-refractivity contribution in [2.45, 2.75) is 26.2 Å². The number of fused-ring (bicyclic) bond motifs is 1. The standard InChI is InChI=1S/C20H23N4O2/c1-5-23-18-9-7-6-8-17(18)20(2,3)19(23)14-21-22(4)15-10-12-16(13-11-15)24(25)26/h6-14H,5H2,1-4H3/q+1. The maximum Gasteiger partial charge on any atom is 0.269 e. The number of hydrogen-bond donors (Lipinski definition) is 0. The van der Waals surface area contributed by atoms with Crippen molar-refractivity contribution in [1.29, 1.82) is 0 Å². The van der Waals surface area contributed by atoms with Crippen LogP contribution in [0.1, 0.15) is 26.3 Å². The second-order valence-corrected chi connectivity index (χ2v) is 6.81. The lowest BCUT2D eigenvalue weighted by atomic mass is 9.82. The zero-order valence-electron chi connectivity index (χ0n) is 15.5. The Kier molecular flexibility index (Phi) is 4.59. The molecule has 0 bridgehead atoms. The first-order valence-corrected chi connectivity index (χ1v) is 8.63. The van der Waals surface area contributed by atoms with Gasteiger partial charge < -0.3 is 0 Å². The van der Waals surface area contributed by atoms with E-state index in [4.69, 9.17) is 0 Å². The summed E-state index contributed by atoms with van der Waals surface area (Å²) in [6, 6.07) is 14.8. The van der Waals surface area contributed by atoms with E-state index in [9.17, 15) is 10.1 Å². The van der Waals surface area contributed by atoms with Crippen LogP contribution in [0.4, 0.5) is 17.1 Å². The van der Waals surface area contributed by atoms with Crippen molar-refractivity contribution < 1.29 is 9.50 Å². The topological polar surface area (TPSA) is 61.8 Å². The number of nitro groups is 1. The zero-order valence-corrected chi connectivity index (χ0v) is 15.5. The smallest absolute Gasteiger partial charge is 0.268 e. The third-order valence-corrected chi connectivity index (χ3v) is 4.90. The molecule has 134 valence electrons. The van der Waals surface area contributed by atoms with Gasteiger partial charge in [0.25, 0.3) is 5.69 Å². The van der Waals surface area contributed by atoms with E-state index in [1.54, 1.807) is 17.1 Å². The Hall–Kier alpha value is -3.02. The van der Waals surface area contributed by atoms with Gasteiger partial charge in [-0.25, -0.2) is 0 Å². The van der Waals surface area contributed by atoms with Crippen LogP contribution in [0.5, 0.6) is 0 Å². The van der Waals surface area contributed by atoms with Crippen LogP contribution in [0.2, 0.25) is 0 Å². The number of nitro benzene ring substituents is 1. The summed E-state index contributed by atoms with van der Waals surface area (Å²) < 4.78 is 2.28. The van der Waals surface area contributed by atoms with E-state index in [2.05, 4.69) is 54.7 Å². The first-order chi connectivity index (χ1) is 12.4. The molecule has 0 spiro atoms. The molecule has 0 unspecified atom stereocenters. The number of benzene rings is 2. The van der Waals surface area contributed by atoms with E-state index in [-0.39, 0.29) is 11.1 Å². The summed E-state index contributed by atoms with van der Waals surface area (Å²) in [5.74, 6) is 0. The Labute approximate surface area is 153 Å². The number of para-hydroxylation sites is 1. The Morgan fingerprint density at radius 1 is 1.19 bits per heavy atom. The van der Waals surface area contributed by atoms with Crippen molar-refractivity contribution in [3.63, 3.8) is 0 Å². The van der Waals surface area contributed by atoms with Crippen LogP contribution in [0, 0.1) is 10.1 Å². The summed E-state index contributed by atoms with van der Waals surface area (Å²) in [4.78, 5) is 10.4. The fourth-order valence-corrected chi connectivity index (χ4v) is 3.41. The lowest BCUT2D eigenvalue weighted by Crippen LogP contribution is -2.31. The Morgan fingerprint density at radius 2 is 1.85 bits per heavy atom. The molecule has 3 rings (SSSR count). The first kappa shape index (κ1) is 17.8. The molecule has 1 heterocycles. The van der Waals surface area contributed by atoms with Crippen LogP contribution in [0.3, 0.4) is 0 Å². The van der Waals surface area contributed by atoms with Crippen LogP contribution in [0.15, 0.2) is 53.6 Å². The molecule has 1 aliphatic heterocycles. The van der Waals surface area contributed by atoms with Gasteiger partial charge in [-0.2, -0.15) is 9.68 Å². The molecule has 6 heteroatoms. The first-order valence-electron chi connectivity index (χ1n) is 8.63. The predicted molar refractivity (Wildman–Crippen MR) is 105 cm³/mol. The number of non-ortho nitro benzene ring substituents is 1. The average molecular weight is 351 g/mol. The van der Waals surface area contributed by atoms with Crippen molar-refractivity contribution in [3.8, 4) is 0 Å². The second kappa shape index (κ2) is 6.71. The third-order valence-electron chi connectivity index (χ3n) is 4.90. The van der Waals surface area contributed by atoms with Crippen LogP contribution in [-0.2, 0) is 5.41 Å². The zero-order chi connectivity index (χ0) is 18.9. The molecule has 0 radical (unpaired) electrons. The van der Waals surface area contributed by atoms with E-state index in [1.165, 1.54) is 23.4 Å². The van der Waals surface area contributed by atoms with Crippen LogP contribution >= 0.6 is 0 Å². The highest BCUT2D eigenvalue weighted by Gasteiger charge is 2.44. The van der Waals surface area contributed by atoms with Gasteiger partial charge in [-0.15, -0.1) is 0 Å². The van der Waals surface area contributed by atoms with Crippen molar-refractivity contribution in [2.24, 2.45) is 5.10 Å². The SMILES string of the molecule is CC[N+]1=C(/C=N/N(C)c2ccc([N+](=O)[O-])cc2)C(C)(C)c2ccccc21. The van der Waals surface area contributed by atoms with Crippen molar-refractivity contribution in [2.75, 3.05) is 18.6 Å². The highest BCUT2D eigenvalue weighted by molar-refractivity contribution is 6.33. The van der Waals surface area contributed by atoms with Gasteiger partial charge in [-0.05, 0) is 32.9 Å². The maximum atomic E-state index is 10.8. The summed E-state index contributed by atoms with van der Waals surface area (Å²) in [5.41, 5.74) is 4.39. The largest absolute Gasteiger partial charge is 0.269 e. The molecular weight excluding hydrogens is 328 g/mol. The lowest BCUT2D eigenvalue weighted by Gasteiger charge is -2.16. The molecule has 0 atom stereocenters. The molecule has 6 nitrogen and oxygen atoms in total. The van der Waals surface area contributed by atoms with Crippen LogP contribution in [-0.4, -0.2) is 35.0 Å². The number of rotatable bonds is 5. The highest BCUT2D eigenvalue weighted by Crippen LogP contribution is 2.38. The fourth-order valence-electron chi connectivity index (χ4n) is 3.41. The molecular formula is C20H23N4O2+. The minimum absolute atomic E-state index is 0.0741. The summed E-state index contributed by atoms with van der Waals surface area (Å²) >= 11 is 0. The molecule has 0 aromatic heterocycles. The van der Waals surface area contributed by atoms with Crippen LogP contribution < -0.4 is 5.01 Å². The molecule has 26 heavy (non-hydrogen) atoms. The molecule has 0 saturated carbocycles. The minimum Gasteiger partial charge on any atom is -0.268 e. The number of hydrogen-bond acceptors (Lipinski definition) is 4. The Bertz CT molecular complexity index is 898. The number of nitrogens with zero attached hydrogens (tertiary/aromatic N) is 4. The lowest BCUT2D eigenvalue weighted by molar-refractivity contribution is -0.431. The highest BCUT2D eigenvalue weighted by atomic mass is 16.6. The van der Waals surface area contributed by atoms with Gasteiger partial charge in [0.1, 0.15) is 12.8 Å². The molecule has 2 aromatic carbocycles. The predicted octanol–water partition coefficient (Wildman–Crippen LogP) is 4.11. The summed E-state index contributed by atoms with van der Waals surface area (Å²) in [6.45, 7) is 7.40. The van der Waals surface area contributed by atoms with E-state index in [1.807, 2.05) is 13.3 Å². The summed E-state index contributed by atoms with van der Waals surface area (Å²) in [7, 11) is 1.84. The van der Waals surface area contributed by atoms with E-state index < -0.39 is 4.92 Å². The maximum absolute atomic E-state index is 10.8. The van der Waals surface area contributed by atoms with Gasteiger partial charge in [0, 0.05) is 30.8 Å². The Balaban J connectivity index is 1.90. The van der Waals surface area contributed by atoms with E-state index in [0.717, 1.165) is 17.9 Å². The molecule has 0 aliphatic carbocycles. The van der Waals surface area contributed by atoms with Crippen molar-refractivity contribution >= 4 is 29.0 Å². The molecule has 1 aliphatic rings. The van der Waals surface area contributed by atoms with Crippen molar-refractivity contribution in [1.82, 2.24) is 0 Å². The molecule has 0 N–H and O–H groups in total. The Morgan fingerprint density at radius 3 is 2.46 bits per heavy atom. The van der Waals surface area contributed by atoms with E-state index in [0.29, 0.717) is 0 Å². The van der Waals surface area contributed by atoms with E-state index >= 15 is 0 Å². The average Bonchev–Trinajstić information content (AvgIpc) is 2.86. The minimum atomic E-state index is -0.402. The van der Waals surface area contributed by atoms with Gasteiger partial charge in [0.05, 0.1) is 16.0 Å². The van der Waals surface area contributed by atoms with Gasteiger partial charge in [0.2, 0.25) is 11.4 Å². The molecule has 0 amide bonds. The van der Waals surface area contributed by atoms with Crippen LogP contribution in [0.25, 0.3) is 0 Å². The van der Waals surface area contributed by atoms with Crippen molar-refractivity contribution in [3.05, 3.63) is 64.2 Å². The van der Waals surface area contributed by atoms with Gasteiger partial charge >= 0.3 is 0 Å². The van der Waals surface area contributed by atoms with Gasteiger partial charge in [0.15, 0.2) is 0 Å². The number of anilines is 1. The monoisotopic (exact) mass is 351 g/mol. The summed E-state index contributed by atoms with van der Waals surface area (Å²) in [5, 5.41) is 17.1. The molecule has 2 aromatic rings. The molecule has 0 fully saturated rings. The second-order valence-electron chi connectivity index (χ2n) is 6.81. The molecule has 0 saturated heterocycles.